The van der Waals surface area contributed by atoms with Crippen LogP contribution in [-0.4, -0.2) is 0 Å². The van der Waals surface area contributed by atoms with Crippen molar-refractivity contribution in [2.24, 2.45) is 5.73 Å². The van der Waals surface area contributed by atoms with Gasteiger partial charge in [0.05, 0.1) is 0 Å². The third-order valence-corrected chi connectivity index (χ3v) is 1.55. The highest BCUT2D eigenvalue weighted by Gasteiger charge is 1.92. The second-order valence-corrected chi connectivity index (χ2v) is 2.39. The highest BCUT2D eigenvalue weighted by Crippen LogP contribution is 2.02. The summed E-state index contributed by atoms with van der Waals surface area (Å²) in [4.78, 5) is 0. The average molecular weight is 152 g/mol. The lowest BCUT2D eigenvalue weighted by Crippen LogP contribution is -2.75. The van der Waals surface area contributed by atoms with Crippen molar-refractivity contribution in [1.29, 1.82) is 0 Å². The molecule has 0 atom stereocenters. The van der Waals surface area contributed by atoms with E-state index in [1.807, 2.05) is 24.3 Å². The maximum absolute atomic E-state index is 10.1. The van der Waals surface area contributed by atoms with Gasteiger partial charge in [-0.3, -0.25) is 0 Å². The van der Waals surface area contributed by atoms with Crippen molar-refractivity contribution in [3.05, 3.63) is 40.6 Å². The number of hydrogen-bond acceptors (Lipinski definition) is 2. The van der Waals surface area contributed by atoms with Gasteiger partial charge < -0.3 is 16.4 Å². The van der Waals surface area contributed by atoms with E-state index < -0.39 is 0 Å². The lowest BCUT2D eigenvalue weighted by molar-refractivity contribution is -0.605. The minimum Gasteiger partial charge on any atom is -0.636 e. The maximum atomic E-state index is 10.1. The second kappa shape index (κ2) is 4.08. The first kappa shape index (κ1) is 8.20. The molecule has 3 nitrogen and oxygen atoms in total. The van der Waals surface area contributed by atoms with Gasteiger partial charge in [-0.2, -0.15) is 0 Å². The number of quaternary nitrogens is 1. The smallest absolute Gasteiger partial charge is 0.101 e. The van der Waals surface area contributed by atoms with Crippen molar-refractivity contribution in [3.8, 4) is 0 Å². The predicted molar refractivity (Wildman–Crippen MR) is 43.3 cm³/mol. The van der Waals surface area contributed by atoms with Crippen molar-refractivity contribution in [1.82, 2.24) is 0 Å². The van der Waals surface area contributed by atoms with Crippen LogP contribution >= 0.6 is 0 Å². The summed E-state index contributed by atoms with van der Waals surface area (Å²) in [6.07, 6.45) is 0. The molecule has 1 aromatic rings. The molecule has 4 N–H and O–H groups in total. The first-order valence-electron chi connectivity index (χ1n) is 3.58. The van der Waals surface area contributed by atoms with Gasteiger partial charge in [0.2, 0.25) is 0 Å². The Hall–Kier alpha value is -0.900. The maximum Gasteiger partial charge on any atom is 0.101 e. The number of nitrogens with two attached hydrogens (primary N) is 2. The number of rotatable bonds is 3. The van der Waals surface area contributed by atoms with E-state index in [1.54, 1.807) is 0 Å². The molecule has 0 aliphatic heterocycles. The third-order valence-electron chi connectivity index (χ3n) is 1.55. The Morgan fingerprint density at radius 2 is 2.09 bits per heavy atom. The second-order valence-electron chi connectivity index (χ2n) is 2.39. The van der Waals surface area contributed by atoms with E-state index >= 15 is 0 Å². The van der Waals surface area contributed by atoms with E-state index in [1.165, 1.54) is 0 Å². The topological polar surface area (TPSA) is 65.7 Å². The van der Waals surface area contributed by atoms with E-state index in [0.717, 1.165) is 16.6 Å². The summed E-state index contributed by atoms with van der Waals surface area (Å²) in [5, 5.41) is 10.1. The van der Waals surface area contributed by atoms with Crippen molar-refractivity contribution in [2.45, 2.75) is 13.1 Å². The van der Waals surface area contributed by atoms with Gasteiger partial charge in [0.15, 0.2) is 0 Å². The fourth-order valence-electron chi connectivity index (χ4n) is 0.980. The molecule has 0 radical (unpaired) electrons. The fourth-order valence-corrected chi connectivity index (χ4v) is 0.980. The molecule has 0 heterocycles. The van der Waals surface area contributed by atoms with Crippen LogP contribution in [0, 0.1) is 5.21 Å². The van der Waals surface area contributed by atoms with Crippen LogP contribution in [0.15, 0.2) is 24.3 Å². The minimum absolute atomic E-state index is 0.480. The normalized spacial score (nSPS) is 10.0. The van der Waals surface area contributed by atoms with E-state index in [4.69, 9.17) is 5.73 Å². The number of benzene rings is 1. The molecule has 1 aromatic carbocycles. The highest BCUT2D eigenvalue weighted by molar-refractivity contribution is 5.22. The third kappa shape index (κ3) is 2.31. The van der Waals surface area contributed by atoms with E-state index in [9.17, 15) is 5.21 Å². The van der Waals surface area contributed by atoms with Gasteiger partial charge in [0, 0.05) is 12.1 Å². The summed E-state index contributed by atoms with van der Waals surface area (Å²) in [7, 11) is 0. The Balaban J connectivity index is 2.74. The molecule has 0 aromatic heterocycles. The van der Waals surface area contributed by atoms with Crippen LogP contribution in [0.1, 0.15) is 11.1 Å². The molecule has 11 heavy (non-hydrogen) atoms. The Kier molecular flexibility index (Phi) is 3.04. The Morgan fingerprint density at radius 3 is 2.73 bits per heavy atom. The molecule has 0 aliphatic rings. The van der Waals surface area contributed by atoms with Gasteiger partial charge in [-0.1, -0.05) is 18.2 Å². The molecule has 0 amide bonds. The monoisotopic (exact) mass is 152 g/mol. The zero-order valence-corrected chi connectivity index (χ0v) is 6.29. The van der Waals surface area contributed by atoms with Crippen molar-refractivity contribution in [2.75, 3.05) is 0 Å². The summed E-state index contributed by atoms with van der Waals surface area (Å²) in [6.45, 7) is 1.01. The van der Waals surface area contributed by atoms with Crippen molar-refractivity contribution >= 4 is 0 Å². The quantitative estimate of drug-likeness (QED) is 0.584. The Bertz CT molecular complexity index is 225. The van der Waals surface area contributed by atoms with Gasteiger partial charge in [-0.05, 0) is 11.6 Å². The molecular formula is C8H12N2O. The van der Waals surface area contributed by atoms with Crippen LogP contribution in [0.4, 0.5) is 0 Å². The summed E-state index contributed by atoms with van der Waals surface area (Å²) in [5.74, 6) is 0. The molecule has 0 unspecified atom stereocenters. The number of hydrogen-bond donors (Lipinski definition) is 2. The lowest BCUT2D eigenvalue weighted by atomic mass is 10.1. The predicted octanol–water partition coefficient (Wildman–Crippen LogP) is -0.293. The zero-order valence-electron chi connectivity index (χ0n) is 6.29. The van der Waals surface area contributed by atoms with Crippen molar-refractivity contribution < 1.29 is 5.48 Å². The van der Waals surface area contributed by atoms with Crippen LogP contribution in [0.5, 0.6) is 0 Å². The molecule has 0 spiro atoms. The average Bonchev–Trinajstić information content (AvgIpc) is 2.06. The Labute approximate surface area is 65.8 Å². The number of hydroxylamine groups is 1. The van der Waals surface area contributed by atoms with E-state index in [-0.39, 0.29) is 0 Å². The largest absolute Gasteiger partial charge is 0.636 e. The fraction of sp³-hybridized carbons (Fsp3) is 0.250. The van der Waals surface area contributed by atoms with E-state index in [0.29, 0.717) is 13.1 Å². The molecular weight excluding hydrogens is 140 g/mol. The molecule has 3 heteroatoms. The van der Waals surface area contributed by atoms with Crippen LogP contribution in [0.2, 0.25) is 0 Å². The summed E-state index contributed by atoms with van der Waals surface area (Å²) in [6, 6.07) is 7.75. The van der Waals surface area contributed by atoms with Gasteiger partial charge in [-0.25, -0.2) is 0 Å². The van der Waals surface area contributed by atoms with Gasteiger partial charge in [0.1, 0.15) is 6.54 Å². The van der Waals surface area contributed by atoms with Crippen LogP contribution in [0.25, 0.3) is 0 Å². The van der Waals surface area contributed by atoms with Gasteiger partial charge in [-0.15, -0.1) is 0 Å². The van der Waals surface area contributed by atoms with Gasteiger partial charge in [0.25, 0.3) is 0 Å². The lowest BCUT2D eigenvalue weighted by Gasteiger charge is -2.03. The molecule has 0 saturated heterocycles. The molecule has 0 fully saturated rings. The molecule has 0 saturated carbocycles. The Morgan fingerprint density at radius 1 is 1.36 bits per heavy atom. The van der Waals surface area contributed by atoms with Crippen LogP contribution < -0.4 is 11.2 Å². The first-order chi connectivity index (χ1) is 5.36. The summed E-state index contributed by atoms with van der Waals surface area (Å²) >= 11 is 0. The van der Waals surface area contributed by atoms with Gasteiger partial charge >= 0.3 is 0 Å². The van der Waals surface area contributed by atoms with Crippen LogP contribution in [-0.2, 0) is 13.1 Å². The zero-order chi connectivity index (χ0) is 8.10. The van der Waals surface area contributed by atoms with Crippen molar-refractivity contribution in [3.63, 3.8) is 0 Å². The first-order valence-corrected chi connectivity index (χ1v) is 3.58. The van der Waals surface area contributed by atoms with Crippen LogP contribution in [0.3, 0.4) is 0 Å². The summed E-state index contributed by atoms with van der Waals surface area (Å²) < 4.78 is 0. The molecule has 0 bridgehead atoms. The molecule has 1 rings (SSSR count). The highest BCUT2D eigenvalue weighted by atomic mass is 16.5. The standard InChI is InChI=1S/C8H12N2O/c9-5-7-2-1-3-8(4-7)6-10-11/h1-4H,5-6,9-10H2. The SMILES string of the molecule is NCc1cccc(C[NH2+][O-])c1. The molecule has 60 valence electrons. The molecule has 0 aliphatic carbocycles. The summed E-state index contributed by atoms with van der Waals surface area (Å²) in [5.41, 5.74) is 8.43. The van der Waals surface area contributed by atoms with E-state index in [2.05, 4.69) is 0 Å². The minimum atomic E-state index is 0.480.